The Morgan fingerprint density at radius 1 is 1.00 bits per heavy atom. The van der Waals surface area contributed by atoms with Crippen molar-refractivity contribution in [3.63, 3.8) is 0 Å². The lowest BCUT2D eigenvalue weighted by Crippen LogP contribution is -2.14. The molecule has 10 heteroatoms. The summed E-state index contributed by atoms with van der Waals surface area (Å²) in [5.74, 6) is -0.291. The van der Waals surface area contributed by atoms with Crippen LogP contribution >= 0.6 is 34.7 Å². The molecule has 0 aliphatic carbocycles. The van der Waals surface area contributed by atoms with Crippen LogP contribution in [0.3, 0.4) is 0 Å². The number of carbonyl (C=O) groups is 1. The van der Waals surface area contributed by atoms with Crippen LogP contribution in [-0.4, -0.2) is 25.6 Å². The zero-order chi connectivity index (χ0) is 22.0. The van der Waals surface area contributed by atoms with Gasteiger partial charge in [-0.25, -0.2) is 13.4 Å². The predicted molar refractivity (Wildman–Crippen MR) is 128 cm³/mol. The van der Waals surface area contributed by atoms with E-state index in [1.807, 2.05) is 18.4 Å². The molecule has 4 aromatic rings. The number of thiazole rings is 1. The summed E-state index contributed by atoms with van der Waals surface area (Å²) in [6.45, 7) is 0. The maximum atomic E-state index is 12.6. The third-order valence-electron chi connectivity index (χ3n) is 4.32. The molecule has 31 heavy (non-hydrogen) atoms. The highest BCUT2D eigenvalue weighted by atomic mass is 35.5. The number of carbonyl (C=O) groups excluding carboxylic acids is 1. The molecule has 0 aliphatic heterocycles. The molecule has 6 nitrogen and oxygen atoms in total. The summed E-state index contributed by atoms with van der Waals surface area (Å²) in [5.41, 5.74) is 2.32. The number of fused-ring (bicyclic) bond motifs is 1. The summed E-state index contributed by atoms with van der Waals surface area (Å²) in [6.07, 6.45) is 1.97. The molecule has 0 bridgehead atoms. The SMILES string of the molecule is CSc1nc2ccc(NC(=O)c3ccc(NS(=O)(=O)c4ccc(Cl)cc4)cc3)cc2s1. The van der Waals surface area contributed by atoms with Gasteiger partial charge >= 0.3 is 0 Å². The van der Waals surface area contributed by atoms with Crippen LogP contribution in [0, 0.1) is 0 Å². The van der Waals surface area contributed by atoms with E-state index in [2.05, 4.69) is 15.0 Å². The number of hydrogen-bond donors (Lipinski definition) is 2. The van der Waals surface area contributed by atoms with Crippen molar-refractivity contribution in [3.05, 3.63) is 77.3 Å². The van der Waals surface area contributed by atoms with E-state index in [-0.39, 0.29) is 10.8 Å². The van der Waals surface area contributed by atoms with Gasteiger partial charge < -0.3 is 5.32 Å². The van der Waals surface area contributed by atoms with E-state index in [0.29, 0.717) is 22.0 Å². The lowest BCUT2D eigenvalue weighted by atomic mass is 10.2. The van der Waals surface area contributed by atoms with Gasteiger partial charge in [0, 0.05) is 22.0 Å². The number of amides is 1. The maximum absolute atomic E-state index is 12.6. The Kier molecular flexibility index (Phi) is 6.19. The van der Waals surface area contributed by atoms with Crippen LogP contribution in [0.25, 0.3) is 10.2 Å². The highest BCUT2D eigenvalue weighted by Gasteiger charge is 2.15. The van der Waals surface area contributed by atoms with Crippen molar-refractivity contribution in [2.75, 3.05) is 16.3 Å². The van der Waals surface area contributed by atoms with Crippen molar-refractivity contribution in [1.29, 1.82) is 0 Å². The van der Waals surface area contributed by atoms with Crippen LogP contribution in [0.5, 0.6) is 0 Å². The van der Waals surface area contributed by atoms with Gasteiger partial charge in [-0.15, -0.1) is 11.3 Å². The molecule has 1 heterocycles. The normalized spacial score (nSPS) is 11.4. The number of thioether (sulfide) groups is 1. The molecule has 0 aliphatic rings. The maximum Gasteiger partial charge on any atom is 0.261 e. The zero-order valence-corrected chi connectivity index (χ0v) is 19.3. The third kappa shape index (κ3) is 5.01. The first-order chi connectivity index (χ1) is 14.8. The Balaban J connectivity index is 1.46. The largest absolute Gasteiger partial charge is 0.322 e. The van der Waals surface area contributed by atoms with Crippen molar-refractivity contribution in [3.8, 4) is 0 Å². The molecule has 0 fully saturated rings. The second-order valence-corrected chi connectivity index (χ2v) is 10.7. The quantitative estimate of drug-likeness (QED) is 0.338. The van der Waals surface area contributed by atoms with Crippen molar-refractivity contribution in [2.45, 2.75) is 9.24 Å². The fourth-order valence-corrected chi connectivity index (χ4v) is 5.50. The van der Waals surface area contributed by atoms with E-state index in [0.717, 1.165) is 14.6 Å². The Bertz CT molecular complexity index is 1350. The van der Waals surface area contributed by atoms with E-state index in [1.165, 1.54) is 24.3 Å². The van der Waals surface area contributed by atoms with Gasteiger partial charge in [-0.1, -0.05) is 23.4 Å². The minimum atomic E-state index is -3.75. The Morgan fingerprint density at radius 2 is 1.68 bits per heavy atom. The highest BCUT2D eigenvalue weighted by molar-refractivity contribution is 8.00. The molecule has 4 rings (SSSR count). The van der Waals surface area contributed by atoms with Crippen molar-refractivity contribution in [2.24, 2.45) is 0 Å². The molecule has 1 amide bonds. The molecular formula is C21H16ClN3O3S3. The second-order valence-electron chi connectivity index (χ2n) is 6.46. The van der Waals surface area contributed by atoms with Gasteiger partial charge in [0.2, 0.25) is 0 Å². The summed E-state index contributed by atoms with van der Waals surface area (Å²) in [6, 6.07) is 17.6. The van der Waals surface area contributed by atoms with Crippen LogP contribution in [-0.2, 0) is 10.0 Å². The number of aromatic nitrogens is 1. The molecule has 158 valence electrons. The highest BCUT2D eigenvalue weighted by Crippen LogP contribution is 2.30. The molecule has 0 saturated heterocycles. The van der Waals surface area contributed by atoms with E-state index in [4.69, 9.17) is 11.6 Å². The minimum absolute atomic E-state index is 0.0989. The first-order valence-corrected chi connectivity index (χ1v) is 12.9. The average molecular weight is 490 g/mol. The third-order valence-corrected chi connectivity index (χ3v) is 7.98. The second kappa shape index (κ2) is 8.88. The van der Waals surface area contributed by atoms with Crippen LogP contribution in [0.15, 0.2) is 76.0 Å². The molecule has 0 radical (unpaired) electrons. The lowest BCUT2D eigenvalue weighted by Gasteiger charge is -2.09. The fourth-order valence-electron chi connectivity index (χ4n) is 2.79. The predicted octanol–water partition coefficient (Wildman–Crippen LogP) is 5.72. The Labute approximate surface area is 192 Å². The van der Waals surface area contributed by atoms with Gasteiger partial charge in [0.1, 0.15) is 0 Å². The number of anilines is 2. The fraction of sp³-hybridized carbons (Fsp3) is 0.0476. The number of benzene rings is 3. The standard InChI is InChI=1S/C21H16ClN3O3S3/c1-29-21-24-18-11-8-16(12-19(18)30-21)23-20(26)13-2-6-15(7-3-13)25-31(27,28)17-9-4-14(22)5-10-17/h2-12,25H,1H3,(H,23,26). The van der Waals surface area contributed by atoms with Crippen LogP contribution < -0.4 is 10.0 Å². The molecule has 0 unspecified atom stereocenters. The molecule has 0 atom stereocenters. The summed E-state index contributed by atoms with van der Waals surface area (Å²) in [7, 11) is -3.75. The summed E-state index contributed by atoms with van der Waals surface area (Å²) < 4.78 is 29.4. The van der Waals surface area contributed by atoms with Gasteiger partial charge in [0.15, 0.2) is 4.34 Å². The molecular weight excluding hydrogens is 474 g/mol. The summed E-state index contributed by atoms with van der Waals surface area (Å²) in [5, 5.41) is 3.31. The van der Waals surface area contributed by atoms with Crippen LogP contribution in [0.2, 0.25) is 5.02 Å². The number of halogens is 1. The molecule has 3 aromatic carbocycles. The number of nitrogens with one attached hydrogen (secondary N) is 2. The number of hydrogen-bond acceptors (Lipinski definition) is 6. The lowest BCUT2D eigenvalue weighted by molar-refractivity contribution is 0.102. The van der Waals surface area contributed by atoms with Crippen molar-refractivity contribution >= 4 is 72.2 Å². The van der Waals surface area contributed by atoms with E-state index >= 15 is 0 Å². The number of sulfonamides is 1. The van der Waals surface area contributed by atoms with E-state index in [1.54, 1.807) is 53.4 Å². The van der Waals surface area contributed by atoms with Crippen LogP contribution in [0.4, 0.5) is 11.4 Å². The molecule has 0 saturated carbocycles. The topological polar surface area (TPSA) is 88.2 Å². The van der Waals surface area contributed by atoms with Gasteiger partial charge in [-0.3, -0.25) is 9.52 Å². The Morgan fingerprint density at radius 3 is 2.35 bits per heavy atom. The number of nitrogens with zero attached hydrogens (tertiary/aromatic N) is 1. The van der Waals surface area contributed by atoms with Gasteiger partial charge in [0.25, 0.3) is 15.9 Å². The first kappa shape index (κ1) is 21.6. The minimum Gasteiger partial charge on any atom is -0.322 e. The van der Waals surface area contributed by atoms with Gasteiger partial charge in [-0.2, -0.15) is 0 Å². The monoisotopic (exact) mass is 489 g/mol. The Hall–Kier alpha value is -2.59. The summed E-state index contributed by atoms with van der Waals surface area (Å²) in [4.78, 5) is 17.2. The smallest absolute Gasteiger partial charge is 0.261 e. The first-order valence-electron chi connectivity index (χ1n) is 8.98. The van der Waals surface area contributed by atoms with Gasteiger partial charge in [0.05, 0.1) is 15.1 Å². The summed E-state index contributed by atoms with van der Waals surface area (Å²) >= 11 is 8.96. The molecule has 2 N–H and O–H groups in total. The average Bonchev–Trinajstić information content (AvgIpc) is 3.17. The zero-order valence-electron chi connectivity index (χ0n) is 16.1. The number of rotatable bonds is 6. The molecule has 1 aromatic heterocycles. The van der Waals surface area contributed by atoms with Crippen molar-refractivity contribution in [1.82, 2.24) is 4.98 Å². The van der Waals surface area contributed by atoms with E-state index in [9.17, 15) is 13.2 Å². The van der Waals surface area contributed by atoms with Crippen LogP contribution in [0.1, 0.15) is 10.4 Å². The van der Waals surface area contributed by atoms with Gasteiger partial charge in [-0.05, 0) is 73.0 Å². The van der Waals surface area contributed by atoms with E-state index < -0.39 is 10.0 Å². The molecule has 0 spiro atoms. The van der Waals surface area contributed by atoms with Crippen molar-refractivity contribution < 1.29 is 13.2 Å².